The van der Waals surface area contributed by atoms with Crippen LogP contribution in [0.4, 0.5) is 4.39 Å². The molecular formula is C16H11FN2O2. The molecule has 2 rings (SSSR count). The number of aliphatic hydroxyl groups is 1. The number of aliphatic hydroxyl groups excluding tert-OH is 1. The third kappa shape index (κ3) is 3.17. The zero-order chi connectivity index (χ0) is 15.4. The fourth-order valence-electron chi connectivity index (χ4n) is 1.81. The van der Waals surface area contributed by atoms with E-state index >= 15 is 0 Å². The Hall–Kier alpha value is -2.89. The largest absolute Gasteiger partial charge is 0.454 e. The maximum Gasteiger partial charge on any atom is 0.167 e. The second-order valence-corrected chi connectivity index (χ2v) is 4.40. The van der Waals surface area contributed by atoms with Crippen LogP contribution in [0, 0.1) is 28.5 Å². The zero-order valence-electron chi connectivity index (χ0n) is 11.2. The van der Waals surface area contributed by atoms with Crippen molar-refractivity contribution >= 4 is 0 Å². The van der Waals surface area contributed by atoms with Crippen molar-refractivity contribution in [2.45, 2.75) is 13.0 Å². The van der Waals surface area contributed by atoms with Crippen molar-refractivity contribution in [1.29, 1.82) is 10.5 Å². The number of halogens is 1. The molecule has 0 fully saturated rings. The topological polar surface area (TPSA) is 77.0 Å². The van der Waals surface area contributed by atoms with Gasteiger partial charge in [0, 0.05) is 5.56 Å². The third-order valence-corrected chi connectivity index (χ3v) is 2.87. The lowest BCUT2D eigenvalue weighted by molar-refractivity contribution is 0.195. The first kappa shape index (κ1) is 14.5. The van der Waals surface area contributed by atoms with Crippen LogP contribution in [-0.2, 0) is 0 Å². The van der Waals surface area contributed by atoms with Crippen LogP contribution in [0.15, 0.2) is 36.4 Å². The minimum absolute atomic E-state index is 0.0778. The van der Waals surface area contributed by atoms with Crippen LogP contribution in [-0.4, -0.2) is 5.11 Å². The Morgan fingerprint density at radius 3 is 2.24 bits per heavy atom. The van der Waals surface area contributed by atoms with Crippen LogP contribution in [0.2, 0.25) is 0 Å². The zero-order valence-corrected chi connectivity index (χ0v) is 11.2. The van der Waals surface area contributed by atoms with Gasteiger partial charge in [0.05, 0.1) is 29.4 Å². The van der Waals surface area contributed by atoms with Crippen LogP contribution in [0.25, 0.3) is 0 Å². The summed E-state index contributed by atoms with van der Waals surface area (Å²) >= 11 is 0. The highest BCUT2D eigenvalue weighted by Crippen LogP contribution is 2.32. The quantitative estimate of drug-likeness (QED) is 0.935. The highest BCUT2D eigenvalue weighted by molar-refractivity contribution is 5.46. The summed E-state index contributed by atoms with van der Waals surface area (Å²) in [5.41, 5.74) is 0.961. The Morgan fingerprint density at radius 1 is 1.05 bits per heavy atom. The average molecular weight is 282 g/mol. The molecule has 2 aromatic rings. The molecule has 0 radical (unpaired) electrons. The number of nitriles is 2. The predicted molar refractivity (Wildman–Crippen MR) is 73.0 cm³/mol. The lowest BCUT2D eigenvalue weighted by Gasteiger charge is -2.14. The monoisotopic (exact) mass is 282 g/mol. The molecule has 1 unspecified atom stereocenters. The van der Waals surface area contributed by atoms with Crippen LogP contribution < -0.4 is 4.74 Å². The van der Waals surface area contributed by atoms with Crippen molar-refractivity contribution in [2.24, 2.45) is 0 Å². The summed E-state index contributed by atoms with van der Waals surface area (Å²) in [7, 11) is 0. The van der Waals surface area contributed by atoms with Crippen LogP contribution in [0.1, 0.15) is 29.7 Å². The highest BCUT2D eigenvalue weighted by Gasteiger charge is 2.13. The SMILES string of the molecule is CC(O)c1ccc(C#N)cc1Oc1ccc(C#N)cc1F. The molecule has 0 saturated heterocycles. The molecule has 1 atom stereocenters. The normalized spacial score (nSPS) is 11.3. The number of benzene rings is 2. The number of hydrogen-bond acceptors (Lipinski definition) is 4. The van der Waals surface area contributed by atoms with Crippen molar-refractivity contribution < 1.29 is 14.2 Å². The van der Waals surface area contributed by atoms with Gasteiger partial charge in [-0.15, -0.1) is 0 Å². The first-order valence-electron chi connectivity index (χ1n) is 6.14. The Bertz CT molecular complexity index is 758. The van der Waals surface area contributed by atoms with Gasteiger partial charge in [0.1, 0.15) is 5.75 Å². The maximum absolute atomic E-state index is 13.8. The second kappa shape index (κ2) is 6.04. The van der Waals surface area contributed by atoms with Crippen molar-refractivity contribution in [3.05, 3.63) is 58.9 Å². The molecule has 0 bridgehead atoms. The van der Waals surface area contributed by atoms with E-state index in [0.29, 0.717) is 11.1 Å². The van der Waals surface area contributed by atoms with Gasteiger partial charge in [0.25, 0.3) is 0 Å². The third-order valence-electron chi connectivity index (χ3n) is 2.87. The van der Waals surface area contributed by atoms with Crippen LogP contribution in [0.3, 0.4) is 0 Å². The van der Waals surface area contributed by atoms with Gasteiger partial charge in [-0.2, -0.15) is 10.5 Å². The lowest BCUT2D eigenvalue weighted by Crippen LogP contribution is -1.98. The van der Waals surface area contributed by atoms with E-state index in [2.05, 4.69) is 0 Å². The molecule has 104 valence electrons. The van der Waals surface area contributed by atoms with Gasteiger partial charge in [0.2, 0.25) is 0 Å². The van der Waals surface area contributed by atoms with Crippen LogP contribution in [0.5, 0.6) is 11.5 Å². The van der Waals surface area contributed by atoms with Gasteiger partial charge in [-0.05, 0) is 37.3 Å². The molecule has 2 aromatic carbocycles. The minimum Gasteiger partial charge on any atom is -0.454 e. The van der Waals surface area contributed by atoms with E-state index in [4.69, 9.17) is 15.3 Å². The van der Waals surface area contributed by atoms with E-state index in [1.807, 2.05) is 12.1 Å². The number of ether oxygens (including phenoxy) is 1. The Kier molecular flexibility index (Phi) is 4.18. The molecule has 21 heavy (non-hydrogen) atoms. The van der Waals surface area contributed by atoms with Gasteiger partial charge in [-0.3, -0.25) is 0 Å². The smallest absolute Gasteiger partial charge is 0.167 e. The molecule has 0 saturated carbocycles. The fourth-order valence-corrected chi connectivity index (χ4v) is 1.81. The Labute approximate surface area is 121 Å². The van der Waals surface area contributed by atoms with Crippen molar-refractivity contribution in [3.63, 3.8) is 0 Å². The van der Waals surface area contributed by atoms with E-state index in [9.17, 15) is 9.50 Å². The van der Waals surface area contributed by atoms with E-state index in [0.717, 1.165) is 6.07 Å². The molecule has 0 heterocycles. The summed E-state index contributed by atoms with van der Waals surface area (Å²) in [6, 6.07) is 12.1. The van der Waals surface area contributed by atoms with Crippen LogP contribution >= 0.6 is 0 Å². The molecule has 5 heteroatoms. The Balaban J connectivity index is 2.43. The van der Waals surface area contributed by atoms with Crippen molar-refractivity contribution in [3.8, 4) is 23.6 Å². The summed E-state index contributed by atoms with van der Waals surface area (Å²) in [6.45, 7) is 1.55. The molecule has 1 N–H and O–H groups in total. The summed E-state index contributed by atoms with van der Waals surface area (Å²) < 4.78 is 19.3. The standard InChI is InChI=1S/C16H11FN2O2/c1-10(20)13-4-2-12(9-19)7-16(13)21-15-5-3-11(8-18)6-14(15)17/h2-7,10,20H,1H3. The summed E-state index contributed by atoms with van der Waals surface area (Å²) in [5.74, 6) is -0.563. The Morgan fingerprint density at radius 2 is 1.67 bits per heavy atom. The number of nitrogens with zero attached hydrogens (tertiary/aromatic N) is 2. The lowest BCUT2D eigenvalue weighted by atomic mass is 10.1. The van der Waals surface area contributed by atoms with Gasteiger partial charge in [-0.25, -0.2) is 4.39 Å². The van der Waals surface area contributed by atoms with E-state index < -0.39 is 11.9 Å². The molecule has 0 aliphatic rings. The average Bonchev–Trinajstić information content (AvgIpc) is 2.48. The van der Waals surface area contributed by atoms with Gasteiger partial charge >= 0.3 is 0 Å². The molecule has 0 aliphatic carbocycles. The molecule has 0 aromatic heterocycles. The predicted octanol–water partition coefficient (Wildman–Crippen LogP) is 3.41. The summed E-state index contributed by atoms with van der Waals surface area (Å²) in [6.07, 6.45) is -0.825. The van der Waals surface area contributed by atoms with Gasteiger partial charge in [-0.1, -0.05) is 6.07 Å². The minimum atomic E-state index is -0.825. The molecular weight excluding hydrogens is 271 g/mol. The number of hydrogen-bond donors (Lipinski definition) is 1. The molecule has 0 amide bonds. The first-order valence-corrected chi connectivity index (χ1v) is 6.14. The summed E-state index contributed by atoms with van der Waals surface area (Å²) in [5, 5.41) is 27.3. The van der Waals surface area contributed by atoms with Gasteiger partial charge in [0.15, 0.2) is 11.6 Å². The van der Waals surface area contributed by atoms with E-state index in [-0.39, 0.29) is 17.1 Å². The molecule has 4 nitrogen and oxygen atoms in total. The maximum atomic E-state index is 13.8. The molecule has 0 aliphatic heterocycles. The molecule has 0 spiro atoms. The van der Waals surface area contributed by atoms with E-state index in [1.54, 1.807) is 19.1 Å². The first-order chi connectivity index (χ1) is 10.0. The summed E-state index contributed by atoms with van der Waals surface area (Å²) in [4.78, 5) is 0. The van der Waals surface area contributed by atoms with Crippen molar-refractivity contribution in [2.75, 3.05) is 0 Å². The number of rotatable bonds is 3. The van der Waals surface area contributed by atoms with Crippen molar-refractivity contribution in [1.82, 2.24) is 0 Å². The second-order valence-electron chi connectivity index (χ2n) is 4.40. The van der Waals surface area contributed by atoms with E-state index in [1.165, 1.54) is 18.2 Å². The van der Waals surface area contributed by atoms with Gasteiger partial charge < -0.3 is 9.84 Å². The highest BCUT2D eigenvalue weighted by atomic mass is 19.1. The fraction of sp³-hybridized carbons (Fsp3) is 0.125.